The number of ether oxygens (including phenoxy) is 1. The summed E-state index contributed by atoms with van der Waals surface area (Å²) >= 11 is 0. The predicted molar refractivity (Wildman–Crippen MR) is 132 cm³/mol. The Morgan fingerprint density at radius 1 is 1.03 bits per heavy atom. The van der Waals surface area contributed by atoms with Gasteiger partial charge in [-0.3, -0.25) is 4.90 Å². The number of benzene rings is 2. The Labute approximate surface area is 189 Å². The Balaban J connectivity index is 1.68. The summed E-state index contributed by atoms with van der Waals surface area (Å²) in [5.41, 5.74) is 13.2. The molecule has 4 rings (SSSR count). The molecule has 4 aromatic rings. The predicted octanol–water partition coefficient (Wildman–Crippen LogP) is 5.56. The molecule has 0 bridgehead atoms. The van der Waals surface area contributed by atoms with E-state index in [2.05, 4.69) is 65.3 Å². The first-order valence-corrected chi connectivity index (χ1v) is 10.9. The number of hydrogen-bond acceptors (Lipinski definition) is 4. The van der Waals surface area contributed by atoms with Crippen molar-refractivity contribution in [2.24, 2.45) is 0 Å². The number of pyridine rings is 1. The summed E-state index contributed by atoms with van der Waals surface area (Å²) in [7, 11) is 0. The van der Waals surface area contributed by atoms with Crippen LogP contribution in [0.5, 0.6) is 5.75 Å². The number of nitrogens with two attached hydrogens (primary N) is 1. The lowest BCUT2D eigenvalue weighted by Crippen LogP contribution is -2.23. The Kier molecular flexibility index (Phi) is 6.57. The summed E-state index contributed by atoms with van der Waals surface area (Å²) in [5, 5.41) is 0. The molecule has 0 amide bonds. The first-order chi connectivity index (χ1) is 15.5. The molecule has 5 nitrogen and oxygen atoms in total. The quantitative estimate of drug-likeness (QED) is 0.356. The zero-order chi connectivity index (χ0) is 22.5. The Morgan fingerprint density at radius 3 is 2.47 bits per heavy atom. The van der Waals surface area contributed by atoms with Gasteiger partial charge in [0.05, 0.1) is 11.4 Å². The molecular formula is C27H30N4O. The Bertz CT molecular complexity index is 1200. The van der Waals surface area contributed by atoms with Gasteiger partial charge in [0.25, 0.3) is 0 Å². The number of nitrogen functional groups attached to an aromatic ring is 1. The summed E-state index contributed by atoms with van der Waals surface area (Å²) in [6.07, 6.45) is 1.96. The molecule has 2 aromatic carbocycles. The highest BCUT2D eigenvalue weighted by molar-refractivity contribution is 5.68. The maximum absolute atomic E-state index is 6.12. The van der Waals surface area contributed by atoms with Crippen LogP contribution >= 0.6 is 0 Å². The van der Waals surface area contributed by atoms with Crippen LogP contribution in [0.3, 0.4) is 0 Å². The molecule has 0 fully saturated rings. The number of rotatable bonds is 9. The molecule has 0 saturated heterocycles. The molecular weight excluding hydrogens is 396 g/mol. The van der Waals surface area contributed by atoms with Crippen molar-refractivity contribution in [2.75, 3.05) is 18.9 Å². The van der Waals surface area contributed by atoms with Crippen molar-refractivity contribution in [3.05, 3.63) is 96.3 Å². The van der Waals surface area contributed by atoms with E-state index in [1.165, 1.54) is 5.56 Å². The Morgan fingerprint density at radius 2 is 1.78 bits per heavy atom. The third-order valence-electron chi connectivity index (χ3n) is 5.42. The molecule has 2 heterocycles. The van der Waals surface area contributed by atoms with Gasteiger partial charge >= 0.3 is 0 Å². The zero-order valence-electron chi connectivity index (χ0n) is 18.8. The normalized spacial score (nSPS) is 11.2. The maximum Gasteiger partial charge on any atom is 0.137 e. The van der Waals surface area contributed by atoms with E-state index in [1.807, 2.05) is 37.4 Å². The molecule has 32 heavy (non-hydrogen) atoms. The molecule has 2 N–H and O–H groups in total. The third kappa shape index (κ3) is 5.01. The van der Waals surface area contributed by atoms with Crippen LogP contribution in [-0.4, -0.2) is 27.4 Å². The van der Waals surface area contributed by atoms with Gasteiger partial charge in [-0.1, -0.05) is 43.8 Å². The van der Waals surface area contributed by atoms with Crippen LogP contribution in [0.2, 0.25) is 0 Å². The van der Waals surface area contributed by atoms with E-state index in [0.29, 0.717) is 6.61 Å². The van der Waals surface area contributed by atoms with E-state index in [0.717, 1.165) is 59.2 Å². The number of hydrogen-bond donors (Lipinski definition) is 1. The fraction of sp³-hybridized carbons (Fsp3) is 0.222. The van der Waals surface area contributed by atoms with Gasteiger partial charge in [-0.05, 0) is 61.0 Å². The zero-order valence-corrected chi connectivity index (χ0v) is 18.8. The molecule has 2 aromatic heterocycles. The van der Waals surface area contributed by atoms with Crippen LogP contribution in [0.4, 0.5) is 5.69 Å². The molecule has 5 heteroatoms. The molecule has 0 aliphatic heterocycles. The van der Waals surface area contributed by atoms with E-state index < -0.39 is 0 Å². The summed E-state index contributed by atoms with van der Waals surface area (Å²) in [6.45, 7) is 11.1. The SMILES string of the molecule is C=C(C)COc1ccc(-c2nc3ccc(N)cn3c2CN(CC)Cc2ccccc2)cc1. The van der Waals surface area contributed by atoms with Gasteiger partial charge in [-0.2, -0.15) is 0 Å². The average molecular weight is 427 g/mol. The highest BCUT2D eigenvalue weighted by Crippen LogP contribution is 2.28. The number of anilines is 1. The molecule has 0 unspecified atom stereocenters. The number of nitrogens with zero attached hydrogens (tertiary/aromatic N) is 3. The molecule has 0 aliphatic carbocycles. The smallest absolute Gasteiger partial charge is 0.137 e. The fourth-order valence-corrected chi connectivity index (χ4v) is 3.74. The van der Waals surface area contributed by atoms with Crippen molar-refractivity contribution < 1.29 is 4.74 Å². The molecule has 0 atom stereocenters. The highest BCUT2D eigenvalue weighted by atomic mass is 16.5. The maximum atomic E-state index is 6.12. The van der Waals surface area contributed by atoms with Crippen molar-refractivity contribution in [1.29, 1.82) is 0 Å². The van der Waals surface area contributed by atoms with E-state index in [-0.39, 0.29) is 0 Å². The second-order valence-electron chi connectivity index (χ2n) is 8.16. The number of fused-ring (bicyclic) bond motifs is 1. The lowest BCUT2D eigenvalue weighted by Gasteiger charge is -2.21. The van der Waals surface area contributed by atoms with Crippen molar-refractivity contribution in [3.63, 3.8) is 0 Å². The second kappa shape index (κ2) is 9.71. The second-order valence-corrected chi connectivity index (χ2v) is 8.16. The topological polar surface area (TPSA) is 55.8 Å². The lowest BCUT2D eigenvalue weighted by atomic mass is 10.1. The van der Waals surface area contributed by atoms with Gasteiger partial charge in [0.15, 0.2) is 0 Å². The first kappa shape index (κ1) is 21.7. The largest absolute Gasteiger partial charge is 0.489 e. The van der Waals surface area contributed by atoms with Crippen molar-refractivity contribution in [1.82, 2.24) is 14.3 Å². The van der Waals surface area contributed by atoms with Gasteiger partial charge in [0.1, 0.15) is 18.0 Å². The summed E-state index contributed by atoms with van der Waals surface area (Å²) in [6, 6.07) is 22.5. The standard InChI is InChI=1S/C27H30N4O/c1-4-30(16-21-8-6-5-7-9-21)18-25-27(29-26-15-12-23(28)17-31(25)26)22-10-13-24(14-11-22)32-19-20(2)3/h5-15,17H,2,4,16,18-19,28H2,1,3H3. The minimum Gasteiger partial charge on any atom is -0.489 e. The van der Waals surface area contributed by atoms with Gasteiger partial charge in [-0.25, -0.2) is 4.98 Å². The molecule has 0 aliphatic rings. The van der Waals surface area contributed by atoms with Crippen LogP contribution in [0.1, 0.15) is 25.1 Å². The van der Waals surface area contributed by atoms with Crippen molar-refractivity contribution in [3.8, 4) is 17.0 Å². The number of aromatic nitrogens is 2. The lowest BCUT2D eigenvalue weighted by molar-refractivity contribution is 0.268. The molecule has 0 saturated carbocycles. The minimum atomic E-state index is 0.517. The van der Waals surface area contributed by atoms with E-state index in [1.54, 1.807) is 0 Å². The van der Waals surface area contributed by atoms with Gasteiger partial charge in [0.2, 0.25) is 0 Å². The van der Waals surface area contributed by atoms with Crippen molar-refractivity contribution in [2.45, 2.75) is 26.9 Å². The summed E-state index contributed by atoms with van der Waals surface area (Å²) in [5.74, 6) is 0.825. The third-order valence-corrected chi connectivity index (χ3v) is 5.42. The summed E-state index contributed by atoms with van der Waals surface area (Å²) in [4.78, 5) is 7.36. The van der Waals surface area contributed by atoms with Crippen LogP contribution in [0, 0.1) is 0 Å². The van der Waals surface area contributed by atoms with Crippen LogP contribution < -0.4 is 10.5 Å². The number of imidazole rings is 1. The first-order valence-electron chi connectivity index (χ1n) is 10.9. The monoisotopic (exact) mass is 426 g/mol. The Hall–Kier alpha value is -3.57. The van der Waals surface area contributed by atoms with Crippen LogP contribution in [0.25, 0.3) is 16.9 Å². The van der Waals surface area contributed by atoms with Crippen molar-refractivity contribution >= 4 is 11.3 Å². The van der Waals surface area contributed by atoms with Crippen LogP contribution in [-0.2, 0) is 13.1 Å². The van der Waals surface area contributed by atoms with E-state index in [9.17, 15) is 0 Å². The average Bonchev–Trinajstić information content (AvgIpc) is 3.15. The molecule has 164 valence electrons. The van der Waals surface area contributed by atoms with E-state index in [4.69, 9.17) is 15.5 Å². The molecule has 0 radical (unpaired) electrons. The van der Waals surface area contributed by atoms with Crippen LogP contribution in [0.15, 0.2) is 85.1 Å². The van der Waals surface area contributed by atoms with Gasteiger partial charge in [-0.15, -0.1) is 0 Å². The fourth-order valence-electron chi connectivity index (χ4n) is 3.74. The van der Waals surface area contributed by atoms with E-state index >= 15 is 0 Å². The molecule has 0 spiro atoms. The highest BCUT2D eigenvalue weighted by Gasteiger charge is 2.17. The van der Waals surface area contributed by atoms with Gasteiger partial charge in [0, 0.05) is 30.5 Å². The summed E-state index contributed by atoms with van der Waals surface area (Å²) < 4.78 is 7.88. The van der Waals surface area contributed by atoms with Gasteiger partial charge < -0.3 is 14.9 Å². The minimum absolute atomic E-state index is 0.517.